The maximum Gasteiger partial charge on any atom is 0.256 e. The van der Waals surface area contributed by atoms with E-state index >= 15 is 0 Å². The van der Waals surface area contributed by atoms with Crippen LogP contribution in [0.25, 0.3) is 28.9 Å². The van der Waals surface area contributed by atoms with E-state index in [1.807, 2.05) is 48.7 Å². The van der Waals surface area contributed by atoms with Crippen molar-refractivity contribution in [3.63, 3.8) is 0 Å². The molecule has 0 spiro atoms. The summed E-state index contributed by atoms with van der Waals surface area (Å²) in [5.74, 6) is 0.367. The molecular formula is C23H21N5O4S2. The van der Waals surface area contributed by atoms with Crippen molar-refractivity contribution in [3.8, 4) is 28.7 Å². The maximum atomic E-state index is 12.9. The molecule has 3 aromatic heterocycles. The molecule has 0 saturated carbocycles. The Kier molecular flexibility index (Phi) is 7.26. The van der Waals surface area contributed by atoms with E-state index in [4.69, 9.17) is 4.74 Å². The monoisotopic (exact) mass is 495 g/mol. The Morgan fingerprint density at radius 1 is 1.06 bits per heavy atom. The van der Waals surface area contributed by atoms with E-state index in [1.54, 1.807) is 6.07 Å². The fraction of sp³-hybridized carbons (Fsp3) is 0.130. The van der Waals surface area contributed by atoms with E-state index in [0.29, 0.717) is 11.1 Å². The molecule has 0 aliphatic heterocycles. The van der Waals surface area contributed by atoms with Crippen molar-refractivity contribution in [2.24, 2.45) is 0 Å². The van der Waals surface area contributed by atoms with Crippen LogP contribution in [0.5, 0.6) is 5.88 Å². The number of nitrogens with one attached hydrogen (secondary N) is 1. The van der Waals surface area contributed by atoms with E-state index in [1.165, 1.54) is 29.8 Å². The molecule has 0 aliphatic carbocycles. The number of hydrogen-bond acceptors (Lipinski definition) is 9. The van der Waals surface area contributed by atoms with Crippen molar-refractivity contribution in [2.75, 3.05) is 17.9 Å². The molecule has 0 atom stereocenters. The second-order valence-corrected chi connectivity index (χ2v) is 9.60. The molecule has 3 heterocycles. The van der Waals surface area contributed by atoms with Gasteiger partial charge < -0.3 is 9.84 Å². The largest absolute Gasteiger partial charge is 0.475 e. The lowest BCUT2D eigenvalue weighted by Crippen LogP contribution is -2.14. The van der Waals surface area contributed by atoms with Crippen LogP contribution in [0, 0.1) is 6.92 Å². The van der Waals surface area contributed by atoms with Gasteiger partial charge in [-0.1, -0.05) is 35.9 Å². The van der Waals surface area contributed by atoms with Gasteiger partial charge in [0.2, 0.25) is 11.7 Å². The highest BCUT2D eigenvalue weighted by molar-refractivity contribution is 7.95. The van der Waals surface area contributed by atoms with Crippen molar-refractivity contribution >= 4 is 33.3 Å². The molecule has 2 N–H and O–H groups in total. The molecule has 0 radical (unpaired) electrons. The van der Waals surface area contributed by atoms with E-state index < -0.39 is 10.0 Å². The lowest BCUT2D eigenvalue weighted by atomic mass is 10.1. The number of thiophene rings is 1. The first-order valence-electron chi connectivity index (χ1n) is 10.2. The molecule has 11 heteroatoms. The first-order chi connectivity index (χ1) is 16.4. The molecule has 0 amide bonds. The Labute approximate surface area is 200 Å². The number of hydrogen-bond donors (Lipinski definition) is 2. The van der Waals surface area contributed by atoms with Crippen LogP contribution in [0.3, 0.4) is 0 Å². The van der Waals surface area contributed by atoms with E-state index in [2.05, 4.69) is 24.7 Å². The van der Waals surface area contributed by atoms with Gasteiger partial charge in [0, 0.05) is 17.3 Å². The van der Waals surface area contributed by atoms with Gasteiger partial charge in [-0.3, -0.25) is 4.72 Å². The highest BCUT2D eigenvalue weighted by Gasteiger charge is 2.22. The average Bonchev–Trinajstić information content (AvgIpc) is 3.36. The van der Waals surface area contributed by atoms with Crippen molar-refractivity contribution in [1.82, 2.24) is 19.9 Å². The highest BCUT2D eigenvalue weighted by atomic mass is 32.2. The van der Waals surface area contributed by atoms with Gasteiger partial charge >= 0.3 is 0 Å². The van der Waals surface area contributed by atoms with Crippen LogP contribution in [0.1, 0.15) is 10.4 Å². The van der Waals surface area contributed by atoms with Gasteiger partial charge in [0.25, 0.3) is 10.0 Å². The van der Waals surface area contributed by atoms with E-state index in [-0.39, 0.29) is 36.6 Å². The number of sulfonamides is 1. The molecule has 1 aromatic carbocycles. The van der Waals surface area contributed by atoms with Crippen LogP contribution < -0.4 is 9.46 Å². The van der Waals surface area contributed by atoms with Crippen LogP contribution in [-0.2, 0) is 10.0 Å². The minimum absolute atomic E-state index is 0.00470. The average molecular weight is 496 g/mol. The zero-order chi connectivity index (χ0) is 24.0. The minimum Gasteiger partial charge on any atom is -0.475 e. The fourth-order valence-corrected chi connectivity index (χ4v) is 4.48. The van der Waals surface area contributed by atoms with E-state index in [9.17, 15) is 13.5 Å². The number of ether oxygens (including phenoxy) is 1. The Balaban J connectivity index is 1.86. The zero-order valence-electron chi connectivity index (χ0n) is 18.1. The van der Waals surface area contributed by atoms with Crippen LogP contribution in [-0.4, -0.2) is 46.7 Å². The lowest BCUT2D eigenvalue weighted by molar-refractivity contribution is 0.197. The third-order valence-corrected chi connectivity index (χ3v) is 6.32. The molecule has 4 rings (SSSR count). The van der Waals surface area contributed by atoms with Crippen molar-refractivity contribution in [2.45, 2.75) is 6.92 Å². The molecule has 0 fully saturated rings. The van der Waals surface area contributed by atoms with Gasteiger partial charge in [-0.15, -0.1) is 11.3 Å². The number of benzene rings is 1. The Morgan fingerprint density at radius 3 is 2.50 bits per heavy atom. The number of aliphatic hydroxyl groups excluding tert-OH is 1. The Bertz CT molecular complexity index is 1380. The summed E-state index contributed by atoms with van der Waals surface area (Å²) >= 11 is 1.42. The number of nitrogens with zero attached hydrogens (tertiary/aromatic N) is 4. The number of rotatable bonds is 9. The standard InChI is InChI=1S/C23H21N5O4S2/c1-16-5-7-17(8-6-16)19-20(28-34(30,31)15-9-18-4-2-14-33-18)26-22(21-24-10-3-11-25-21)27-23(19)32-13-12-29/h2-11,14-15,29H,12-13H2,1H3,(H,26,27,28)/b15-9+. The van der Waals surface area contributed by atoms with Gasteiger partial charge in [-0.05, 0) is 36.1 Å². The molecule has 9 nitrogen and oxygen atoms in total. The van der Waals surface area contributed by atoms with Crippen LogP contribution in [0.4, 0.5) is 5.82 Å². The molecular weight excluding hydrogens is 474 g/mol. The predicted molar refractivity (Wildman–Crippen MR) is 132 cm³/mol. The molecule has 0 bridgehead atoms. The molecule has 4 aromatic rings. The van der Waals surface area contributed by atoms with Crippen molar-refractivity contribution < 1.29 is 18.3 Å². The van der Waals surface area contributed by atoms with Crippen molar-refractivity contribution in [3.05, 3.63) is 76.1 Å². The molecule has 174 valence electrons. The summed E-state index contributed by atoms with van der Waals surface area (Å²) in [7, 11) is -3.95. The summed E-state index contributed by atoms with van der Waals surface area (Å²) in [6, 6.07) is 12.7. The first kappa shape index (κ1) is 23.5. The normalized spacial score (nSPS) is 11.6. The molecule has 0 aliphatic rings. The molecule has 0 saturated heterocycles. The van der Waals surface area contributed by atoms with Crippen molar-refractivity contribution in [1.29, 1.82) is 0 Å². The van der Waals surface area contributed by atoms with Crippen LogP contribution in [0.15, 0.2) is 65.6 Å². The zero-order valence-corrected chi connectivity index (χ0v) is 19.8. The number of aliphatic hydroxyl groups is 1. The third-order valence-electron chi connectivity index (χ3n) is 4.51. The fourth-order valence-electron chi connectivity index (χ4n) is 2.97. The summed E-state index contributed by atoms with van der Waals surface area (Å²) in [6.45, 7) is 1.65. The molecule has 34 heavy (non-hydrogen) atoms. The minimum atomic E-state index is -3.95. The second kappa shape index (κ2) is 10.5. The number of aromatic nitrogens is 4. The Morgan fingerprint density at radius 2 is 1.82 bits per heavy atom. The summed E-state index contributed by atoms with van der Waals surface area (Å²) in [4.78, 5) is 18.0. The number of aryl methyl sites for hydroxylation is 1. The predicted octanol–water partition coefficient (Wildman–Crippen LogP) is 3.75. The highest BCUT2D eigenvalue weighted by Crippen LogP contribution is 2.36. The van der Waals surface area contributed by atoms with Crippen LogP contribution >= 0.6 is 11.3 Å². The topological polar surface area (TPSA) is 127 Å². The SMILES string of the molecule is Cc1ccc(-c2c(NS(=O)(=O)/C=C/c3cccs3)nc(-c3ncccn3)nc2OCCO)cc1. The summed E-state index contributed by atoms with van der Waals surface area (Å²) < 4.78 is 34.1. The van der Waals surface area contributed by atoms with Gasteiger partial charge in [-0.2, -0.15) is 4.98 Å². The van der Waals surface area contributed by atoms with Crippen LogP contribution in [0.2, 0.25) is 0 Å². The third kappa shape index (κ3) is 5.81. The summed E-state index contributed by atoms with van der Waals surface area (Å²) in [5.41, 5.74) is 2.00. The van der Waals surface area contributed by atoms with E-state index in [0.717, 1.165) is 15.8 Å². The lowest BCUT2D eigenvalue weighted by Gasteiger charge is -2.16. The summed E-state index contributed by atoms with van der Waals surface area (Å²) in [6.07, 6.45) is 4.56. The summed E-state index contributed by atoms with van der Waals surface area (Å²) in [5, 5.41) is 12.2. The van der Waals surface area contributed by atoms with Gasteiger partial charge in [0.1, 0.15) is 6.61 Å². The first-order valence-corrected chi connectivity index (χ1v) is 12.6. The second-order valence-electron chi connectivity index (χ2n) is 7.05. The molecule has 0 unspecified atom stereocenters. The van der Waals surface area contributed by atoms with Gasteiger partial charge in [0.15, 0.2) is 11.6 Å². The Hall–Kier alpha value is -3.67. The van der Waals surface area contributed by atoms with Gasteiger partial charge in [0.05, 0.1) is 17.6 Å². The maximum absolute atomic E-state index is 12.9. The smallest absolute Gasteiger partial charge is 0.256 e. The number of anilines is 1. The van der Waals surface area contributed by atoms with Gasteiger partial charge in [-0.25, -0.2) is 23.4 Å². The quantitative estimate of drug-likeness (QED) is 0.359.